The van der Waals surface area contributed by atoms with Crippen molar-refractivity contribution in [1.29, 1.82) is 0 Å². The molecular formula is C28H39N2O4S-. The highest BCUT2D eigenvalue weighted by molar-refractivity contribution is 7.79. The molecule has 1 unspecified atom stereocenters. The van der Waals surface area contributed by atoms with Crippen LogP contribution in [0.3, 0.4) is 0 Å². The summed E-state index contributed by atoms with van der Waals surface area (Å²) in [6.45, 7) is 13.0. The number of hydrogen-bond acceptors (Lipinski definition) is 4. The highest BCUT2D eigenvalue weighted by Crippen LogP contribution is 2.36. The van der Waals surface area contributed by atoms with Crippen molar-refractivity contribution in [2.75, 3.05) is 19.8 Å². The number of benzene rings is 1. The summed E-state index contributed by atoms with van der Waals surface area (Å²) in [5.41, 5.74) is 4.03. The fourth-order valence-corrected chi connectivity index (χ4v) is 6.06. The molecule has 0 bridgehead atoms. The molecule has 1 aliphatic carbocycles. The zero-order chi connectivity index (χ0) is 25.4. The maximum atomic E-state index is 13.3. The Kier molecular flexibility index (Phi) is 7.60. The second-order valence-corrected chi connectivity index (χ2v) is 12.7. The topological polar surface area (TPSA) is 83.4 Å². The first-order valence-corrected chi connectivity index (χ1v) is 13.9. The van der Waals surface area contributed by atoms with Gasteiger partial charge in [-0.15, -0.1) is 0 Å². The van der Waals surface area contributed by atoms with Gasteiger partial charge in [-0.2, -0.15) is 0 Å². The van der Waals surface area contributed by atoms with Crippen LogP contribution in [-0.4, -0.2) is 39.0 Å². The minimum absolute atomic E-state index is 0.00246. The number of aromatic nitrogens is 1. The normalized spacial score (nSPS) is 19.3. The predicted molar refractivity (Wildman–Crippen MR) is 138 cm³/mol. The molecule has 4 rings (SSSR count). The number of nitrogens with one attached hydrogen (secondary N) is 1. The lowest BCUT2D eigenvalue weighted by atomic mass is 9.85. The number of carbonyl (C=O) groups is 1. The Morgan fingerprint density at radius 2 is 1.89 bits per heavy atom. The SMILES string of the molecule is Cc1c(C(=O)NCC2(C)COC2)cc(-c2ccc(S(=O)[O-])c(C(C)(C)C)c2)n1CC1CCCCC1. The Hall–Kier alpha value is -1.96. The molecule has 7 heteroatoms. The summed E-state index contributed by atoms with van der Waals surface area (Å²) in [4.78, 5) is 13.6. The Bertz CT molecular complexity index is 1100. The first-order chi connectivity index (χ1) is 16.5. The van der Waals surface area contributed by atoms with Crippen LogP contribution in [0.1, 0.15) is 81.4 Å². The van der Waals surface area contributed by atoms with Gasteiger partial charge in [0.15, 0.2) is 0 Å². The molecule has 1 atom stereocenters. The third kappa shape index (κ3) is 5.73. The van der Waals surface area contributed by atoms with E-state index in [2.05, 4.69) is 16.8 Å². The fraction of sp³-hybridized carbons (Fsp3) is 0.607. The van der Waals surface area contributed by atoms with Crippen LogP contribution in [-0.2, 0) is 27.8 Å². The quantitative estimate of drug-likeness (QED) is 0.521. The Morgan fingerprint density at radius 3 is 2.46 bits per heavy atom. The number of amides is 1. The largest absolute Gasteiger partial charge is 0.768 e. The van der Waals surface area contributed by atoms with E-state index in [1.54, 1.807) is 6.07 Å². The highest BCUT2D eigenvalue weighted by Gasteiger charge is 2.34. The van der Waals surface area contributed by atoms with Gasteiger partial charge in [-0.1, -0.05) is 53.0 Å². The molecule has 1 aromatic carbocycles. The lowest BCUT2D eigenvalue weighted by molar-refractivity contribution is -0.0978. The zero-order valence-corrected chi connectivity index (χ0v) is 22.6. The lowest BCUT2D eigenvalue weighted by Gasteiger charge is -2.38. The highest BCUT2D eigenvalue weighted by atomic mass is 32.2. The van der Waals surface area contributed by atoms with Gasteiger partial charge in [0.25, 0.3) is 5.91 Å². The maximum absolute atomic E-state index is 13.3. The summed E-state index contributed by atoms with van der Waals surface area (Å²) in [5, 5.41) is 3.12. The average Bonchev–Trinajstić information content (AvgIpc) is 3.12. The number of nitrogens with zero attached hydrogens (tertiary/aromatic N) is 1. The summed E-state index contributed by atoms with van der Waals surface area (Å²) < 4.78 is 31.4. The summed E-state index contributed by atoms with van der Waals surface area (Å²) in [6.07, 6.45) is 6.22. The van der Waals surface area contributed by atoms with Crippen LogP contribution in [0.2, 0.25) is 0 Å². The molecular weight excluding hydrogens is 460 g/mol. The minimum Gasteiger partial charge on any atom is -0.768 e. The van der Waals surface area contributed by atoms with Crippen molar-refractivity contribution < 1.29 is 18.3 Å². The van der Waals surface area contributed by atoms with Crippen molar-refractivity contribution in [1.82, 2.24) is 9.88 Å². The molecule has 1 N–H and O–H groups in total. The standard InChI is InChI=1S/C28H40N2O4S/c1-19-22(26(31)29-16-28(5)17-34-18-28)14-24(30(19)15-20-9-7-6-8-10-20)21-11-12-25(35(32)33)23(13-21)27(2,3)4/h11-14,20H,6-10,15-18H2,1-5H3,(H,29,31)(H,32,33)/p-1. The second kappa shape index (κ2) is 10.2. The van der Waals surface area contributed by atoms with E-state index < -0.39 is 11.1 Å². The molecule has 1 aromatic heterocycles. The molecule has 35 heavy (non-hydrogen) atoms. The van der Waals surface area contributed by atoms with Crippen LogP contribution in [0, 0.1) is 18.3 Å². The van der Waals surface area contributed by atoms with E-state index in [-0.39, 0.29) is 16.7 Å². The summed E-state index contributed by atoms with van der Waals surface area (Å²) in [6, 6.07) is 7.55. The van der Waals surface area contributed by atoms with Crippen molar-refractivity contribution in [2.45, 2.75) is 83.6 Å². The number of rotatable bonds is 7. The van der Waals surface area contributed by atoms with Gasteiger partial charge >= 0.3 is 0 Å². The van der Waals surface area contributed by atoms with Gasteiger partial charge in [0, 0.05) is 34.8 Å². The van der Waals surface area contributed by atoms with E-state index in [1.807, 2.05) is 45.9 Å². The molecule has 2 aromatic rings. The average molecular weight is 500 g/mol. The Balaban J connectivity index is 1.73. The van der Waals surface area contributed by atoms with Gasteiger partial charge in [-0.3, -0.25) is 9.00 Å². The monoisotopic (exact) mass is 499 g/mol. The first kappa shape index (κ1) is 26.1. The summed E-state index contributed by atoms with van der Waals surface area (Å²) in [5.74, 6) is 0.527. The third-order valence-corrected chi connectivity index (χ3v) is 8.33. The van der Waals surface area contributed by atoms with Gasteiger partial charge in [-0.25, -0.2) is 0 Å². The maximum Gasteiger partial charge on any atom is 0.253 e. The lowest BCUT2D eigenvalue weighted by Crippen LogP contribution is -2.48. The third-order valence-electron chi connectivity index (χ3n) is 7.62. The molecule has 0 radical (unpaired) electrons. The van der Waals surface area contributed by atoms with E-state index in [0.29, 0.717) is 36.1 Å². The molecule has 2 heterocycles. The Morgan fingerprint density at radius 1 is 1.20 bits per heavy atom. The number of hydrogen-bond donors (Lipinski definition) is 1. The van der Waals surface area contributed by atoms with E-state index >= 15 is 0 Å². The molecule has 2 aliphatic rings. The van der Waals surface area contributed by atoms with Crippen LogP contribution in [0.25, 0.3) is 11.3 Å². The van der Waals surface area contributed by atoms with Crippen LogP contribution >= 0.6 is 0 Å². The second-order valence-electron chi connectivity index (χ2n) is 11.8. The molecule has 2 fully saturated rings. The van der Waals surface area contributed by atoms with E-state index in [4.69, 9.17) is 4.74 Å². The van der Waals surface area contributed by atoms with Crippen LogP contribution in [0.4, 0.5) is 0 Å². The number of ether oxygens (including phenoxy) is 1. The predicted octanol–water partition coefficient (Wildman–Crippen LogP) is 5.35. The van der Waals surface area contributed by atoms with Gasteiger partial charge in [0.05, 0.1) is 18.8 Å². The van der Waals surface area contributed by atoms with E-state index in [0.717, 1.165) is 29.1 Å². The van der Waals surface area contributed by atoms with Crippen molar-refractivity contribution >= 4 is 17.0 Å². The summed E-state index contributed by atoms with van der Waals surface area (Å²) in [7, 11) is 0. The summed E-state index contributed by atoms with van der Waals surface area (Å²) >= 11 is -2.31. The zero-order valence-electron chi connectivity index (χ0n) is 21.7. The van der Waals surface area contributed by atoms with Gasteiger partial charge < -0.3 is 19.2 Å². The van der Waals surface area contributed by atoms with E-state index in [9.17, 15) is 13.6 Å². The minimum atomic E-state index is -2.31. The molecule has 1 amide bonds. The van der Waals surface area contributed by atoms with Crippen molar-refractivity contribution in [3.8, 4) is 11.3 Å². The molecule has 0 spiro atoms. The molecule has 6 nitrogen and oxygen atoms in total. The van der Waals surface area contributed by atoms with Gasteiger partial charge in [0.2, 0.25) is 0 Å². The molecule has 1 saturated carbocycles. The van der Waals surface area contributed by atoms with Gasteiger partial charge in [-0.05, 0) is 71.5 Å². The van der Waals surface area contributed by atoms with Crippen molar-refractivity contribution in [3.05, 3.63) is 41.1 Å². The van der Waals surface area contributed by atoms with Gasteiger partial charge in [0.1, 0.15) is 0 Å². The smallest absolute Gasteiger partial charge is 0.253 e. The number of carbonyl (C=O) groups excluding carboxylic acids is 1. The fourth-order valence-electron chi connectivity index (χ4n) is 5.34. The molecule has 192 valence electrons. The first-order valence-electron chi connectivity index (χ1n) is 12.8. The van der Waals surface area contributed by atoms with Crippen LogP contribution < -0.4 is 5.32 Å². The van der Waals surface area contributed by atoms with Crippen LogP contribution in [0.15, 0.2) is 29.2 Å². The van der Waals surface area contributed by atoms with E-state index in [1.165, 1.54) is 32.1 Å². The van der Waals surface area contributed by atoms with Crippen LogP contribution in [0.5, 0.6) is 0 Å². The van der Waals surface area contributed by atoms with Crippen molar-refractivity contribution in [2.24, 2.45) is 11.3 Å². The molecule has 1 saturated heterocycles. The Labute approximate surface area is 212 Å². The molecule has 1 aliphatic heterocycles. The van der Waals surface area contributed by atoms with Crippen molar-refractivity contribution in [3.63, 3.8) is 0 Å².